The number of aliphatic imine (C=N–C) groups is 1. The Kier molecular flexibility index (Phi) is 5.45. The fourth-order valence-corrected chi connectivity index (χ4v) is 3.29. The topological polar surface area (TPSA) is 102 Å². The largest absolute Gasteiger partial charge is 0.480 e. The Morgan fingerprint density at radius 3 is 2.69 bits per heavy atom. The number of carbonyl (C=O) groups is 1. The van der Waals surface area contributed by atoms with Crippen LogP contribution in [0.4, 0.5) is 18.9 Å². The number of rotatable bonds is 4. The molecule has 1 amide bonds. The zero-order valence-corrected chi connectivity index (χ0v) is 15.8. The number of carbonyl (C=O) groups excluding carboxylic acids is 1. The molecule has 0 aliphatic carbocycles. The highest BCUT2D eigenvalue weighted by Crippen LogP contribution is 2.44. The summed E-state index contributed by atoms with van der Waals surface area (Å²) in [4.78, 5) is 24.5. The van der Waals surface area contributed by atoms with Crippen molar-refractivity contribution in [3.05, 3.63) is 47.9 Å². The molecule has 3 rings (SSSR count). The van der Waals surface area contributed by atoms with Crippen molar-refractivity contribution < 1.29 is 22.7 Å². The van der Waals surface area contributed by atoms with Crippen LogP contribution >= 0.6 is 0 Å². The Morgan fingerprint density at radius 2 is 2.07 bits per heavy atom. The van der Waals surface area contributed by atoms with Crippen LogP contribution in [-0.2, 0) is 5.54 Å². The number of alkyl halides is 3. The molecule has 0 unspecified atom stereocenters. The van der Waals surface area contributed by atoms with Crippen molar-refractivity contribution in [3.8, 4) is 5.88 Å². The maximum Gasteiger partial charge on any atom is 0.392 e. The zero-order valence-electron chi connectivity index (χ0n) is 15.8. The number of nitrogens with zero attached hydrogens (tertiary/aromatic N) is 3. The number of nitrogens with two attached hydrogens (primary N) is 1. The Morgan fingerprint density at radius 1 is 1.31 bits per heavy atom. The average molecular weight is 407 g/mol. The van der Waals surface area contributed by atoms with E-state index < -0.39 is 23.5 Å². The second-order valence-corrected chi connectivity index (χ2v) is 7.00. The van der Waals surface area contributed by atoms with Crippen LogP contribution in [0.25, 0.3) is 0 Å². The van der Waals surface area contributed by atoms with Crippen LogP contribution < -0.4 is 15.8 Å². The van der Waals surface area contributed by atoms with Gasteiger partial charge in [0.1, 0.15) is 5.69 Å². The van der Waals surface area contributed by atoms with Gasteiger partial charge in [0, 0.05) is 12.1 Å². The molecule has 2 atom stereocenters. The third-order valence-electron chi connectivity index (χ3n) is 4.76. The number of hydrogen-bond donors (Lipinski definition) is 2. The lowest BCUT2D eigenvalue weighted by molar-refractivity contribution is -0.179. The fourth-order valence-electron chi connectivity index (χ4n) is 3.29. The van der Waals surface area contributed by atoms with E-state index in [-0.39, 0.29) is 30.3 Å². The highest BCUT2D eigenvalue weighted by Gasteiger charge is 2.47. The van der Waals surface area contributed by atoms with E-state index in [1.165, 1.54) is 19.5 Å². The lowest BCUT2D eigenvalue weighted by atomic mass is 9.79. The monoisotopic (exact) mass is 407 g/mol. The minimum absolute atomic E-state index is 0.0379. The molecule has 0 bridgehead atoms. The number of hydrogen-bond acceptors (Lipinski definition) is 6. The molecular weight excluding hydrogens is 387 g/mol. The van der Waals surface area contributed by atoms with Crippen molar-refractivity contribution in [2.45, 2.75) is 31.5 Å². The number of anilines is 1. The Bertz CT molecular complexity index is 930. The third kappa shape index (κ3) is 4.64. The molecule has 0 spiro atoms. The van der Waals surface area contributed by atoms with Gasteiger partial charge in [0.05, 0.1) is 36.8 Å². The molecular formula is C19H20F3N5O2. The third-order valence-corrected chi connectivity index (χ3v) is 4.76. The maximum atomic E-state index is 13.3. The summed E-state index contributed by atoms with van der Waals surface area (Å²) < 4.78 is 44.7. The van der Waals surface area contributed by atoms with Crippen LogP contribution in [0.1, 0.15) is 35.8 Å². The summed E-state index contributed by atoms with van der Waals surface area (Å²) in [6, 6.07) is 6.51. The van der Waals surface area contributed by atoms with Gasteiger partial charge in [0.15, 0.2) is 0 Å². The molecule has 10 heteroatoms. The Hall–Kier alpha value is -3.17. The summed E-state index contributed by atoms with van der Waals surface area (Å²) in [5.41, 5.74) is 5.55. The van der Waals surface area contributed by atoms with Crippen LogP contribution in [0.2, 0.25) is 0 Å². The van der Waals surface area contributed by atoms with Crippen molar-refractivity contribution in [2.24, 2.45) is 16.6 Å². The lowest BCUT2D eigenvalue weighted by Gasteiger charge is -2.36. The summed E-state index contributed by atoms with van der Waals surface area (Å²) in [6.45, 7) is 1.60. The number of halogens is 3. The highest BCUT2D eigenvalue weighted by atomic mass is 19.4. The first-order valence-electron chi connectivity index (χ1n) is 8.79. The Balaban J connectivity index is 1.83. The lowest BCUT2D eigenvalue weighted by Crippen LogP contribution is -2.40. The van der Waals surface area contributed by atoms with Crippen LogP contribution in [0.15, 0.2) is 41.7 Å². The minimum Gasteiger partial charge on any atom is -0.480 e. The van der Waals surface area contributed by atoms with Crippen molar-refractivity contribution >= 4 is 17.4 Å². The summed E-state index contributed by atoms with van der Waals surface area (Å²) in [5.74, 6) is -1.85. The van der Waals surface area contributed by atoms with Gasteiger partial charge in [0.2, 0.25) is 5.88 Å². The van der Waals surface area contributed by atoms with E-state index in [2.05, 4.69) is 20.3 Å². The first-order valence-corrected chi connectivity index (χ1v) is 8.79. The molecule has 2 aromatic rings. The van der Waals surface area contributed by atoms with Crippen molar-refractivity contribution in [2.75, 3.05) is 12.4 Å². The minimum atomic E-state index is -4.36. The normalized spacial score (nSPS) is 22.0. The molecule has 7 nitrogen and oxygen atoms in total. The number of aromatic nitrogens is 2. The quantitative estimate of drug-likeness (QED) is 0.810. The SMILES string of the molecule is COc1cnc(C(=O)Nc2cccc([C@]3(C)C[C@@H](C(F)(F)F)CC(N)=N3)c2)cn1. The molecule has 1 aliphatic heterocycles. The van der Waals surface area contributed by atoms with Gasteiger partial charge in [-0.15, -0.1) is 0 Å². The van der Waals surface area contributed by atoms with E-state index in [1.807, 2.05) is 0 Å². The molecule has 1 aromatic carbocycles. The molecule has 2 heterocycles. The van der Waals surface area contributed by atoms with Gasteiger partial charge < -0.3 is 15.8 Å². The van der Waals surface area contributed by atoms with E-state index in [0.29, 0.717) is 11.3 Å². The Labute approximate surface area is 165 Å². The smallest absolute Gasteiger partial charge is 0.392 e. The number of amidine groups is 1. The number of amides is 1. The average Bonchev–Trinajstić information content (AvgIpc) is 2.67. The van der Waals surface area contributed by atoms with Crippen molar-refractivity contribution in [1.82, 2.24) is 9.97 Å². The molecule has 0 saturated heterocycles. The highest BCUT2D eigenvalue weighted by molar-refractivity contribution is 6.02. The van der Waals surface area contributed by atoms with Gasteiger partial charge in [-0.05, 0) is 31.0 Å². The van der Waals surface area contributed by atoms with Gasteiger partial charge >= 0.3 is 6.18 Å². The van der Waals surface area contributed by atoms with E-state index >= 15 is 0 Å². The summed E-state index contributed by atoms with van der Waals surface area (Å²) in [5, 5.41) is 2.66. The van der Waals surface area contributed by atoms with E-state index in [4.69, 9.17) is 10.5 Å². The predicted molar refractivity (Wildman–Crippen MR) is 101 cm³/mol. The fraction of sp³-hybridized carbons (Fsp3) is 0.368. The molecule has 0 radical (unpaired) electrons. The number of nitrogens with one attached hydrogen (secondary N) is 1. The molecule has 0 fully saturated rings. The molecule has 3 N–H and O–H groups in total. The first-order chi connectivity index (χ1) is 13.6. The van der Waals surface area contributed by atoms with E-state index in [9.17, 15) is 18.0 Å². The van der Waals surface area contributed by atoms with Gasteiger partial charge in [-0.25, -0.2) is 9.97 Å². The van der Waals surface area contributed by atoms with Crippen molar-refractivity contribution in [1.29, 1.82) is 0 Å². The van der Waals surface area contributed by atoms with Crippen molar-refractivity contribution in [3.63, 3.8) is 0 Å². The molecule has 1 aliphatic rings. The van der Waals surface area contributed by atoms with E-state index in [1.54, 1.807) is 31.2 Å². The molecule has 1 aromatic heterocycles. The maximum absolute atomic E-state index is 13.3. The van der Waals surface area contributed by atoms with Crippen LogP contribution in [0.5, 0.6) is 5.88 Å². The van der Waals surface area contributed by atoms with Gasteiger partial charge in [-0.2, -0.15) is 13.2 Å². The van der Waals surface area contributed by atoms with Gasteiger partial charge in [0.25, 0.3) is 5.91 Å². The van der Waals surface area contributed by atoms with Crippen LogP contribution in [-0.4, -0.2) is 35.0 Å². The van der Waals surface area contributed by atoms with Gasteiger partial charge in [-0.3, -0.25) is 9.79 Å². The summed E-state index contributed by atoms with van der Waals surface area (Å²) >= 11 is 0. The van der Waals surface area contributed by atoms with Gasteiger partial charge in [-0.1, -0.05) is 12.1 Å². The molecule has 0 saturated carbocycles. The van der Waals surface area contributed by atoms with Crippen LogP contribution in [0, 0.1) is 5.92 Å². The predicted octanol–water partition coefficient (Wildman–Crippen LogP) is 3.28. The standard InChI is InChI=1S/C19H20F3N5O2/c1-18(8-12(19(20,21)22)7-15(23)27-18)11-4-3-5-13(6-11)26-17(28)14-9-25-16(29-2)10-24-14/h3-6,9-10,12H,7-8H2,1-2H3,(H2,23,27)(H,26,28)/t12-,18-/m0/s1. The van der Waals surface area contributed by atoms with Crippen LogP contribution in [0.3, 0.4) is 0 Å². The second-order valence-electron chi connectivity index (χ2n) is 7.00. The summed E-state index contributed by atoms with van der Waals surface area (Å²) in [7, 11) is 1.43. The first kappa shape index (κ1) is 20.6. The molecule has 29 heavy (non-hydrogen) atoms. The summed E-state index contributed by atoms with van der Waals surface area (Å²) in [6.07, 6.45) is -2.33. The zero-order chi connectivity index (χ0) is 21.2. The number of benzene rings is 1. The second kappa shape index (κ2) is 7.69. The van der Waals surface area contributed by atoms with E-state index in [0.717, 1.165) is 0 Å². The number of methoxy groups -OCH3 is 1. The number of ether oxygens (including phenoxy) is 1. The molecule has 154 valence electrons.